The van der Waals surface area contributed by atoms with Gasteiger partial charge in [-0.2, -0.15) is 5.10 Å². The van der Waals surface area contributed by atoms with Gasteiger partial charge < -0.3 is 10.1 Å². The standard InChI is InChI=1S/C22H27N5O3/c1-26-18-8-12-23-27(18)13-9-17(21(26)29)25-20(28)16-7-3-2-6-15-14-30-22(19(15)24-16)10-4-5-11-22/h2,6,8,12,17H,3-5,7,9-11,13-14H2,1H3,(H,25,28)/b6-2-,24-16?/t17-/m0/s1. The highest BCUT2D eigenvalue weighted by molar-refractivity contribution is 6.39. The van der Waals surface area contributed by atoms with Gasteiger partial charge in [0.2, 0.25) is 0 Å². The van der Waals surface area contributed by atoms with E-state index in [1.54, 1.807) is 22.8 Å². The maximum atomic E-state index is 13.2. The van der Waals surface area contributed by atoms with Crippen LogP contribution in [0.1, 0.15) is 44.9 Å². The molecule has 1 saturated carbocycles. The zero-order valence-electron chi connectivity index (χ0n) is 17.3. The monoisotopic (exact) mass is 409 g/mol. The van der Waals surface area contributed by atoms with E-state index in [4.69, 9.17) is 9.73 Å². The molecule has 2 amide bonds. The number of hydrogen-bond acceptors (Lipinski definition) is 5. The van der Waals surface area contributed by atoms with Gasteiger partial charge in [-0.25, -0.2) is 9.67 Å². The zero-order chi connectivity index (χ0) is 20.7. The van der Waals surface area contributed by atoms with Crippen LogP contribution in [-0.2, 0) is 20.9 Å². The molecule has 0 aromatic carbocycles. The van der Waals surface area contributed by atoms with E-state index in [0.29, 0.717) is 31.7 Å². The van der Waals surface area contributed by atoms with Crippen LogP contribution in [0.2, 0.25) is 0 Å². The minimum absolute atomic E-state index is 0.134. The van der Waals surface area contributed by atoms with Crippen molar-refractivity contribution in [3.05, 3.63) is 35.7 Å². The Morgan fingerprint density at radius 1 is 1.33 bits per heavy atom. The number of aromatic nitrogens is 2. The smallest absolute Gasteiger partial charge is 0.266 e. The molecular weight excluding hydrogens is 382 g/mol. The number of nitrogens with one attached hydrogen (secondary N) is 1. The summed E-state index contributed by atoms with van der Waals surface area (Å²) in [5.74, 6) is 0.347. The maximum Gasteiger partial charge on any atom is 0.266 e. The number of hydrogen-bond donors (Lipinski definition) is 1. The van der Waals surface area contributed by atoms with Gasteiger partial charge in [-0.1, -0.05) is 25.0 Å². The SMILES string of the molecule is CN1C(=O)[C@@H](NC(=O)C2=NC3=C(/C=C\CC2)COC32CCCC2)CCn2nccc21. The summed E-state index contributed by atoms with van der Waals surface area (Å²) in [5, 5.41) is 7.21. The van der Waals surface area contributed by atoms with Crippen LogP contribution in [-0.4, -0.2) is 52.6 Å². The summed E-state index contributed by atoms with van der Waals surface area (Å²) in [6.07, 6.45) is 11.8. The Morgan fingerprint density at radius 2 is 2.17 bits per heavy atom. The Labute approximate surface area is 175 Å². The Morgan fingerprint density at radius 3 is 3.00 bits per heavy atom. The van der Waals surface area contributed by atoms with E-state index in [-0.39, 0.29) is 17.4 Å². The van der Waals surface area contributed by atoms with Gasteiger partial charge in [-0.15, -0.1) is 0 Å². The summed E-state index contributed by atoms with van der Waals surface area (Å²) in [6, 6.07) is 1.21. The molecule has 8 heteroatoms. The van der Waals surface area contributed by atoms with E-state index in [9.17, 15) is 9.59 Å². The lowest BCUT2D eigenvalue weighted by molar-refractivity contribution is -0.124. The highest BCUT2D eigenvalue weighted by Crippen LogP contribution is 2.46. The quantitative estimate of drug-likeness (QED) is 0.810. The van der Waals surface area contributed by atoms with Gasteiger partial charge in [-0.05, 0) is 32.1 Å². The van der Waals surface area contributed by atoms with Crippen molar-refractivity contribution in [2.45, 2.75) is 63.1 Å². The molecule has 8 nitrogen and oxygen atoms in total. The fourth-order valence-electron chi connectivity index (χ4n) is 4.95. The number of allylic oxidation sites excluding steroid dienone is 1. The van der Waals surface area contributed by atoms with Crippen molar-refractivity contribution in [3.8, 4) is 0 Å². The average Bonchev–Trinajstić information content (AvgIpc) is 3.44. The van der Waals surface area contributed by atoms with E-state index in [0.717, 1.165) is 49.2 Å². The number of fused-ring (bicyclic) bond motifs is 2. The second-order valence-corrected chi connectivity index (χ2v) is 8.49. The molecule has 1 aromatic rings. The van der Waals surface area contributed by atoms with Crippen LogP contribution in [0.5, 0.6) is 0 Å². The second kappa shape index (κ2) is 7.50. The van der Waals surface area contributed by atoms with Crippen LogP contribution in [0, 0.1) is 0 Å². The number of nitrogens with zero attached hydrogens (tertiary/aromatic N) is 4. The molecule has 0 bridgehead atoms. The van der Waals surface area contributed by atoms with Crippen LogP contribution >= 0.6 is 0 Å². The van der Waals surface area contributed by atoms with Crippen molar-refractivity contribution < 1.29 is 14.3 Å². The molecule has 0 saturated heterocycles. The van der Waals surface area contributed by atoms with Crippen molar-refractivity contribution in [3.63, 3.8) is 0 Å². The van der Waals surface area contributed by atoms with Crippen LogP contribution < -0.4 is 10.2 Å². The molecule has 158 valence electrons. The molecule has 1 atom stereocenters. The van der Waals surface area contributed by atoms with E-state index in [2.05, 4.69) is 22.6 Å². The topological polar surface area (TPSA) is 88.8 Å². The number of amides is 2. The zero-order valence-corrected chi connectivity index (χ0v) is 17.3. The van der Waals surface area contributed by atoms with Gasteiger partial charge in [-0.3, -0.25) is 14.5 Å². The van der Waals surface area contributed by atoms with Gasteiger partial charge in [0.05, 0.1) is 18.5 Å². The Balaban J connectivity index is 1.38. The Kier molecular flexibility index (Phi) is 4.81. The van der Waals surface area contributed by atoms with Gasteiger partial charge in [0, 0.05) is 25.2 Å². The lowest BCUT2D eigenvalue weighted by atomic mass is 9.95. The largest absolute Gasteiger partial charge is 0.364 e. The van der Waals surface area contributed by atoms with Crippen LogP contribution in [0.3, 0.4) is 0 Å². The highest BCUT2D eigenvalue weighted by atomic mass is 16.5. The number of carbonyl (C=O) groups is 2. The molecule has 1 fully saturated rings. The summed E-state index contributed by atoms with van der Waals surface area (Å²) < 4.78 is 7.97. The average molecular weight is 409 g/mol. The molecule has 0 unspecified atom stereocenters. The van der Waals surface area contributed by atoms with E-state index >= 15 is 0 Å². The van der Waals surface area contributed by atoms with E-state index in [1.165, 1.54) is 0 Å². The predicted molar refractivity (Wildman–Crippen MR) is 112 cm³/mol. The number of aliphatic imine (C=N–C) groups is 1. The number of rotatable bonds is 2. The normalized spacial score (nSPS) is 26.6. The van der Waals surface area contributed by atoms with Crippen molar-refractivity contribution in [1.82, 2.24) is 15.1 Å². The summed E-state index contributed by atoms with van der Waals surface area (Å²) >= 11 is 0. The maximum absolute atomic E-state index is 13.2. The number of likely N-dealkylation sites (N-methyl/N-ethyl adjacent to an activating group) is 1. The van der Waals surface area contributed by atoms with Crippen molar-refractivity contribution >= 4 is 23.3 Å². The van der Waals surface area contributed by atoms with Gasteiger partial charge in [0.15, 0.2) is 0 Å². The minimum atomic E-state index is -0.596. The predicted octanol–water partition coefficient (Wildman–Crippen LogP) is 2.12. The van der Waals surface area contributed by atoms with Gasteiger partial charge in [0.25, 0.3) is 11.8 Å². The van der Waals surface area contributed by atoms with E-state index < -0.39 is 6.04 Å². The van der Waals surface area contributed by atoms with Crippen LogP contribution in [0.15, 0.2) is 40.7 Å². The molecule has 1 aromatic heterocycles. The molecule has 1 spiro atoms. The van der Waals surface area contributed by atoms with Crippen LogP contribution in [0.25, 0.3) is 0 Å². The second-order valence-electron chi connectivity index (χ2n) is 8.49. The molecule has 0 radical (unpaired) electrons. The Hall–Kier alpha value is -2.74. The molecule has 30 heavy (non-hydrogen) atoms. The van der Waals surface area contributed by atoms with Gasteiger partial charge >= 0.3 is 0 Å². The Bertz CT molecular complexity index is 967. The number of anilines is 1. The fraction of sp³-hybridized carbons (Fsp3) is 0.545. The first-order valence-corrected chi connectivity index (χ1v) is 10.8. The van der Waals surface area contributed by atoms with Crippen LogP contribution in [0.4, 0.5) is 5.82 Å². The lowest BCUT2D eigenvalue weighted by Crippen LogP contribution is -2.48. The lowest BCUT2D eigenvalue weighted by Gasteiger charge is -2.25. The molecule has 4 heterocycles. The minimum Gasteiger partial charge on any atom is -0.364 e. The fourth-order valence-corrected chi connectivity index (χ4v) is 4.95. The third kappa shape index (κ3) is 3.19. The molecule has 1 N–H and O–H groups in total. The van der Waals surface area contributed by atoms with Crippen molar-refractivity contribution in [2.75, 3.05) is 18.6 Å². The summed E-state index contributed by atoms with van der Waals surface area (Å²) in [7, 11) is 1.72. The highest BCUT2D eigenvalue weighted by Gasteiger charge is 2.44. The summed E-state index contributed by atoms with van der Waals surface area (Å²) in [4.78, 5) is 32.5. The molecule has 4 aliphatic rings. The number of ether oxygens (including phenoxy) is 1. The summed E-state index contributed by atoms with van der Waals surface area (Å²) in [5.41, 5.74) is 2.15. The first kappa shape index (κ1) is 19.2. The van der Waals surface area contributed by atoms with Crippen molar-refractivity contribution in [2.24, 2.45) is 4.99 Å². The van der Waals surface area contributed by atoms with Gasteiger partial charge in [0.1, 0.15) is 23.2 Å². The molecular formula is C22H27N5O3. The first-order chi connectivity index (χ1) is 14.6. The van der Waals surface area contributed by atoms with Crippen molar-refractivity contribution in [1.29, 1.82) is 0 Å². The van der Waals surface area contributed by atoms with E-state index in [1.807, 2.05) is 6.07 Å². The number of aryl methyl sites for hydroxylation is 1. The third-order valence-electron chi connectivity index (χ3n) is 6.63. The molecule has 1 aliphatic carbocycles. The number of carbonyl (C=O) groups excluding carboxylic acids is 2. The molecule has 3 aliphatic heterocycles. The molecule has 5 rings (SSSR count). The third-order valence-corrected chi connectivity index (χ3v) is 6.63. The first-order valence-electron chi connectivity index (χ1n) is 10.8. The summed E-state index contributed by atoms with van der Waals surface area (Å²) in [6.45, 7) is 1.13.